The monoisotopic (exact) mass is 414 g/mol. The molecule has 3 saturated heterocycles. The Morgan fingerprint density at radius 1 is 1.27 bits per heavy atom. The summed E-state index contributed by atoms with van der Waals surface area (Å²) in [7, 11) is 3.15. The fourth-order valence-corrected chi connectivity index (χ4v) is 4.07. The molecule has 1 aromatic carbocycles. The number of nitrogens with one attached hydrogen (secondary N) is 1. The topological polar surface area (TPSA) is 50.8 Å². The maximum atomic E-state index is 12.7. The summed E-state index contributed by atoms with van der Waals surface area (Å²) in [6.07, 6.45) is 2.36. The van der Waals surface area contributed by atoms with E-state index in [1.165, 1.54) is 12.8 Å². The number of benzene rings is 1. The zero-order valence-corrected chi connectivity index (χ0v) is 15.1. The van der Waals surface area contributed by atoms with Crippen LogP contribution < -0.4 is 14.8 Å². The van der Waals surface area contributed by atoms with Crippen molar-refractivity contribution in [2.75, 3.05) is 33.9 Å². The fraction of sp³-hybridized carbons (Fsp3) is 0.562. The van der Waals surface area contributed by atoms with E-state index in [0.717, 1.165) is 23.2 Å². The highest BCUT2D eigenvalue weighted by atomic mass is 125. The molecule has 3 fully saturated rings. The van der Waals surface area contributed by atoms with Crippen LogP contribution in [0.25, 0.3) is 0 Å². The van der Waals surface area contributed by atoms with Crippen molar-refractivity contribution in [3.8, 4) is 11.5 Å². The van der Waals surface area contributed by atoms with E-state index in [9.17, 15) is 4.79 Å². The van der Waals surface area contributed by atoms with E-state index in [-0.39, 0.29) is 11.9 Å². The summed E-state index contributed by atoms with van der Waals surface area (Å²) in [5, 5.41) is 3.20. The molecule has 2 bridgehead atoms. The number of hydrogen-bond acceptors (Lipinski definition) is 4. The lowest BCUT2D eigenvalue weighted by Crippen LogP contribution is -2.57. The van der Waals surface area contributed by atoms with Gasteiger partial charge in [0.25, 0.3) is 5.91 Å². The summed E-state index contributed by atoms with van der Waals surface area (Å²) >= 11 is 2.19. The molecule has 22 heavy (non-hydrogen) atoms. The normalized spacial score (nSPS) is 26.6. The molecule has 3 heterocycles. The first-order chi connectivity index (χ1) is 10.6. The number of carbonyl (C=O) groups excluding carboxylic acids is 1. The summed E-state index contributed by atoms with van der Waals surface area (Å²) in [6, 6.07) is 3.95. The summed E-state index contributed by atoms with van der Waals surface area (Å²) in [5.74, 6) is 1.62. The highest BCUT2D eigenvalue weighted by Gasteiger charge is 2.35. The van der Waals surface area contributed by atoms with E-state index in [2.05, 4.69) is 32.8 Å². The molecule has 0 aliphatic carbocycles. The van der Waals surface area contributed by atoms with Gasteiger partial charge in [-0.1, -0.05) is 0 Å². The van der Waals surface area contributed by atoms with Crippen LogP contribution in [0.4, 0.5) is 0 Å². The molecule has 1 amide bonds. The fourth-order valence-electron chi connectivity index (χ4n) is 3.47. The molecular weight excluding hydrogens is 393 g/mol. The van der Waals surface area contributed by atoms with Crippen LogP contribution in [-0.2, 0) is 0 Å². The van der Waals surface area contributed by atoms with Gasteiger partial charge in [-0.3, -0.25) is 4.79 Å². The van der Waals surface area contributed by atoms with Gasteiger partial charge >= 0.3 is 0 Å². The smallest absolute Gasteiger partial charge is 0.255 e. The minimum absolute atomic E-state index is 0.0765. The van der Waals surface area contributed by atoms with Gasteiger partial charge < -0.3 is 19.7 Å². The number of halogens is 1. The predicted molar refractivity (Wildman–Crippen MR) is 92.7 cm³/mol. The van der Waals surface area contributed by atoms with Crippen molar-refractivity contribution in [2.24, 2.45) is 5.92 Å². The molecule has 120 valence electrons. The molecule has 0 saturated carbocycles. The van der Waals surface area contributed by atoms with Gasteiger partial charge in [0.2, 0.25) is 0 Å². The number of methoxy groups -OCH3 is 2. The van der Waals surface area contributed by atoms with Gasteiger partial charge in [-0.2, -0.15) is 0 Å². The van der Waals surface area contributed by atoms with Gasteiger partial charge in [-0.05, 0) is 66.6 Å². The summed E-state index contributed by atoms with van der Waals surface area (Å²) in [6.45, 7) is 3.29. The van der Waals surface area contributed by atoms with Crippen LogP contribution in [0.1, 0.15) is 23.2 Å². The number of rotatable bonds is 4. The molecule has 3 aliphatic heterocycles. The Kier molecular flexibility index (Phi) is 4.77. The Bertz CT molecular complexity index is 571. The summed E-state index contributed by atoms with van der Waals surface area (Å²) in [5.41, 5.74) is 0.544. The van der Waals surface area contributed by atoms with Crippen molar-refractivity contribution in [2.45, 2.75) is 18.9 Å². The second kappa shape index (κ2) is 6.62. The minimum Gasteiger partial charge on any atom is -0.493 e. The van der Waals surface area contributed by atoms with Crippen LogP contribution in [0, 0.1) is 9.49 Å². The van der Waals surface area contributed by atoms with Gasteiger partial charge in [-0.25, -0.2) is 0 Å². The molecular formula is C16H21IN2O3. The van der Waals surface area contributed by atoms with Crippen LogP contribution in [0.15, 0.2) is 12.1 Å². The number of hydrogen-bond donors (Lipinski definition) is 1. The zero-order chi connectivity index (χ0) is 15.7. The van der Waals surface area contributed by atoms with Crippen LogP contribution in [0.3, 0.4) is 0 Å². The lowest BCUT2D eigenvalue weighted by Gasteiger charge is -2.44. The minimum atomic E-state index is -0.0765. The van der Waals surface area contributed by atoms with Crippen LogP contribution >= 0.6 is 22.6 Å². The summed E-state index contributed by atoms with van der Waals surface area (Å²) in [4.78, 5) is 15.1. The van der Waals surface area contributed by atoms with Crippen LogP contribution in [0.2, 0.25) is 0 Å². The third-order valence-corrected chi connectivity index (χ3v) is 5.28. The Morgan fingerprint density at radius 2 is 2.00 bits per heavy atom. The maximum absolute atomic E-state index is 12.7. The lowest BCUT2D eigenvalue weighted by molar-refractivity contribution is 0.0618. The number of amides is 1. The van der Waals surface area contributed by atoms with E-state index < -0.39 is 0 Å². The molecule has 4 rings (SSSR count). The average Bonchev–Trinajstić information content (AvgIpc) is 2.55. The number of piperidine rings is 3. The van der Waals surface area contributed by atoms with Gasteiger partial charge in [0.05, 0.1) is 19.8 Å². The number of ether oxygens (including phenoxy) is 2. The molecule has 6 heteroatoms. The Balaban J connectivity index is 1.81. The molecule has 1 atom stereocenters. The van der Waals surface area contributed by atoms with Gasteiger partial charge in [0.15, 0.2) is 11.5 Å². The summed E-state index contributed by atoms with van der Waals surface area (Å²) < 4.78 is 11.7. The molecule has 0 spiro atoms. The molecule has 0 radical (unpaired) electrons. The lowest BCUT2D eigenvalue weighted by atomic mass is 9.84. The SMILES string of the molecule is COc1cc([125I])cc(C(=O)N[C@@H]2CN3CCC2CC3)c1OC. The van der Waals surface area contributed by atoms with Crippen molar-refractivity contribution in [3.05, 3.63) is 21.3 Å². The Labute approximate surface area is 144 Å². The Morgan fingerprint density at radius 3 is 2.55 bits per heavy atom. The molecule has 1 N–H and O–H groups in total. The Hall–Kier alpha value is -1.02. The average molecular weight is 414 g/mol. The van der Waals surface area contributed by atoms with Gasteiger partial charge in [0.1, 0.15) is 0 Å². The van der Waals surface area contributed by atoms with Crippen molar-refractivity contribution in [1.82, 2.24) is 10.2 Å². The molecule has 1 aromatic rings. The highest BCUT2D eigenvalue weighted by Crippen LogP contribution is 2.34. The van der Waals surface area contributed by atoms with Crippen molar-refractivity contribution in [3.63, 3.8) is 0 Å². The van der Waals surface area contributed by atoms with Crippen molar-refractivity contribution >= 4 is 28.5 Å². The van der Waals surface area contributed by atoms with Crippen LogP contribution in [0.5, 0.6) is 11.5 Å². The first kappa shape index (κ1) is 15.9. The standard InChI is InChI=1S/C16H21IN2O3/c1-21-14-8-11(17)7-12(15(14)22-2)16(20)18-13-9-19-5-3-10(13)4-6-19/h7-8,10,13H,3-6,9H2,1-2H3,(H,18,20)/t13-/m1/s1/i17-2. The van der Waals surface area contributed by atoms with E-state index in [1.807, 2.05) is 12.1 Å². The first-order valence-electron chi connectivity index (χ1n) is 7.57. The van der Waals surface area contributed by atoms with Gasteiger partial charge in [-0.15, -0.1) is 0 Å². The third kappa shape index (κ3) is 3.03. The molecule has 5 nitrogen and oxygen atoms in total. The second-order valence-corrected chi connectivity index (χ2v) is 7.15. The maximum Gasteiger partial charge on any atom is 0.255 e. The van der Waals surface area contributed by atoms with Crippen LogP contribution in [-0.4, -0.2) is 50.7 Å². The second-order valence-electron chi connectivity index (χ2n) is 5.91. The van der Waals surface area contributed by atoms with E-state index in [4.69, 9.17) is 9.47 Å². The first-order valence-corrected chi connectivity index (χ1v) is 8.65. The van der Waals surface area contributed by atoms with Gasteiger partial charge in [0, 0.05) is 16.2 Å². The highest BCUT2D eigenvalue weighted by molar-refractivity contribution is 14.1. The molecule has 0 aromatic heterocycles. The van der Waals surface area contributed by atoms with E-state index in [0.29, 0.717) is 23.0 Å². The molecule has 0 unspecified atom stereocenters. The number of nitrogens with zero attached hydrogens (tertiary/aromatic N) is 1. The largest absolute Gasteiger partial charge is 0.493 e. The predicted octanol–water partition coefficient (Wildman–Crippen LogP) is 2.13. The van der Waals surface area contributed by atoms with Crippen molar-refractivity contribution < 1.29 is 14.3 Å². The van der Waals surface area contributed by atoms with Crippen molar-refractivity contribution in [1.29, 1.82) is 0 Å². The van der Waals surface area contributed by atoms with E-state index >= 15 is 0 Å². The number of fused-ring (bicyclic) bond motifs is 3. The molecule has 3 aliphatic rings. The number of carbonyl (C=O) groups is 1. The zero-order valence-electron chi connectivity index (χ0n) is 12.9. The quantitative estimate of drug-likeness (QED) is 0.768. The third-order valence-electron chi connectivity index (χ3n) is 4.66. The van der Waals surface area contributed by atoms with E-state index in [1.54, 1.807) is 14.2 Å².